The molecule has 1 aliphatic rings. The van der Waals surface area contributed by atoms with Crippen LogP contribution in [0.5, 0.6) is 0 Å². The van der Waals surface area contributed by atoms with Crippen molar-refractivity contribution in [3.63, 3.8) is 0 Å². The molecule has 19 heavy (non-hydrogen) atoms. The molecular formula is C11H12FN3O3S. The maximum atomic E-state index is 13.0. The third-order valence-electron chi connectivity index (χ3n) is 2.91. The molecule has 2 rings (SSSR count). The van der Waals surface area contributed by atoms with E-state index in [1.807, 2.05) is 0 Å². The highest BCUT2D eigenvalue weighted by atomic mass is 32.2. The van der Waals surface area contributed by atoms with Gasteiger partial charge in [0.05, 0.1) is 12.2 Å². The summed E-state index contributed by atoms with van der Waals surface area (Å²) in [5.41, 5.74) is 0. The average Bonchev–Trinajstić information content (AvgIpc) is 2.39. The Morgan fingerprint density at radius 1 is 1.47 bits per heavy atom. The van der Waals surface area contributed by atoms with E-state index < -0.39 is 15.8 Å². The molecule has 0 radical (unpaired) electrons. The standard InChI is InChI=1S/C11H12FN3O3S/c12-9-4-11(6-13-5-9)19(17,18)15-3-1-2-10(7-15)14-8-16/h4-6,10H,1-3,7H2. The van der Waals surface area contributed by atoms with Crippen LogP contribution >= 0.6 is 0 Å². The summed E-state index contributed by atoms with van der Waals surface area (Å²) in [5.74, 6) is -0.708. The van der Waals surface area contributed by atoms with E-state index in [4.69, 9.17) is 0 Å². The van der Waals surface area contributed by atoms with Crippen molar-refractivity contribution in [1.29, 1.82) is 0 Å². The number of nitrogens with zero attached hydrogens (tertiary/aromatic N) is 3. The van der Waals surface area contributed by atoms with Gasteiger partial charge in [0, 0.05) is 19.3 Å². The van der Waals surface area contributed by atoms with Gasteiger partial charge in [0.2, 0.25) is 16.1 Å². The highest BCUT2D eigenvalue weighted by molar-refractivity contribution is 7.89. The fourth-order valence-electron chi connectivity index (χ4n) is 2.00. The molecule has 2 heterocycles. The summed E-state index contributed by atoms with van der Waals surface area (Å²) in [6.07, 6.45) is 4.72. The van der Waals surface area contributed by atoms with Crippen molar-refractivity contribution in [3.05, 3.63) is 24.3 Å². The van der Waals surface area contributed by atoms with Crippen LogP contribution in [0.25, 0.3) is 0 Å². The lowest BCUT2D eigenvalue weighted by atomic mass is 10.1. The van der Waals surface area contributed by atoms with Gasteiger partial charge in [-0.15, -0.1) is 0 Å². The van der Waals surface area contributed by atoms with Gasteiger partial charge in [-0.25, -0.2) is 22.6 Å². The van der Waals surface area contributed by atoms with Crippen LogP contribution in [0, 0.1) is 5.82 Å². The van der Waals surface area contributed by atoms with Crippen LogP contribution in [-0.4, -0.2) is 42.9 Å². The Kier molecular flexibility index (Phi) is 4.04. The number of carbonyl (C=O) groups excluding carboxylic acids is 1. The zero-order chi connectivity index (χ0) is 13.9. The molecule has 0 spiro atoms. The predicted molar refractivity (Wildman–Crippen MR) is 64.1 cm³/mol. The Bertz CT molecular complexity index is 613. The van der Waals surface area contributed by atoms with Crippen molar-refractivity contribution in [3.8, 4) is 0 Å². The van der Waals surface area contributed by atoms with Crippen LogP contribution in [0.1, 0.15) is 12.8 Å². The normalized spacial score (nSPS) is 20.8. The second kappa shape index (κ2) is 5.56. The SMILES string of the molecule is O=C=NC1CCCN(S(=O)(=O)c2cncc(F)c2)C1. The Balaban J connectivity index is 2.27. The molecule has 8 heteroatoms. The van der Waals surface area contributed by atoms with Crippen LogP contribution in [0.4, 0.5) is 4.39 Å². The number of pyridine rings is 1. The summed E-state index contributed by atoms with van der Waals surface area (Å²) in [7, 11) is -3.79. The van der Waals surface area contributed by atoms with Crippen molar-refractivity contribution in [2.45, 2.75) is 23.8 Å². The number of hydrogen-bond acceptors (Lipinski definition) is 5. The first-order chi connectivity index (χ1) is 9.04. The Morgan fingerprint density at radius 2 is 2.26 bits per heavy atom. The van der Waals surface area contributed by atoms with E-state index in [9.17, 15) is 17.6 Å². The minimum Gasteiger partial charge on any atom is -0.260 e. The van der Waals surface area contributed by atoms with Crippen molar-refractivity contribution in [1.82, 2.24) is 9.29 Å². The second-order valence-corrected chi connectivity index (χ2v) is 6.16. The molecule has 1 aliphatic heterocycles. The number of aromatic nitrogens is 1. The first-order valence-electron chi connectivity index (χ1n) is 5.71. The largest absolute Gasteiger partial charge is 0.260 e. The summed E-state index contributed by atoms with van der Waals surface area (Å²) >= 11 is 0. The molecule has 0 N–H and O–H groups in total. The van der Waals surface area contributed by atoms with Crippen LogP contribution in [0.15, 0.2) is 28.3 Å². The maximum Gasteiger partial charge on any atom is 0.244 e. The molecule has 1 fully saturated rings. The lowest BCUT2D eigenvalue weighted by Crippen LogP contribution is -2.41. The number of isocyanates is 1. The van der Waals surface area contributed by atoms with Gasteiger partial charge in [-0.3, -0.25) is 4.98 Å². The Labute approximate surface area is 110 Å². The summed E-state index contributed by atoms with van der Waals surface area (Å²) < 4.78 is 38.8. The van der Waals surface area contributed by atoms with Crippen LogP contribution in [0.2, 0.25) is 0 Å². The number of rotatable bonds is 3. The number of hydrogen-bond donors (Lipinski definition) is 0. The molecule has 0 bridgehead atoms. The highest BCUT2D eigenvalue weighted by Gasteiger charge is 2.30. The summed E-state index contributed by atoms with van der Waals surface area (Å²) in [4.78, 5) is 17.1. The van der Waals surface area contributed by atoms with Crippen molar-refractivity contribution < 1.29 is 17.6 Å². The zero-order valence-corrected chi connectivity index (χ0v) is 10.8. The van der Waals surface area contributed by atoms with E-state index in [2.05, 4.69) is 9.98 Å². The Hall–Kier alpha value is -1.63. The first-order valence-corrected chi connectivity index (χ1v) is 7.16. The zero-order valence-electron chi connectivity index (χ0n) is 9.99. The summed E-state index contributed by atoms with van der Waals surface area (Å²) in [6.45, 7) is 0.428. The molecule has 0 aliphatic carbocycles. The second-order valence-electron chi connectivity index (χ2n) is 4.22. The van der Waals surface area contributed by atoms with E-state index in [-0.39, 0.29) is 17.5 Å². The number of piperidine rings is 1. The van der Waals surface area contributed by atoms with Crippen LogP contribution < -0.4 is 0 Å². The van der Waals surface area contributed by atoms with Gasteiger partial charge in [-0.1, -0.05) is 0 Å². The molecule has 1 aromatic rings. The van der Waals surface area contributed by atoms with E-state index in [0.29, 0.717) is 19.4 Å². The molecule has 0 amide bonds. The van der Waals surface area contributed by atoms with Gasteiger partial charge in [0.15, 0.2) is 0 Å². The minimum absolute atomic E-state index is 0.105. The third kappa shape index (κ3) is 3.04. The van der Waals surface area contributed by atoms with E-state index in [1.165, 1.54) is 10.4 Å². The molecule has 0 saturated carbocycles. The van der Waals surface area contributed by atoms with Gasteiger partial charge < -0.3 is 0 Å². The van der Waals surface area contributed by atoms with Crippen LogP contribution in [0.3, 0.4) is 0 Å². The first kappa shape index (κ1) is 13.8. The molecule has 0 aromatic carbocycles. The van der Waals surface area contributed by atoms with Crippen molar-refractivity contribution >= 4 is 16.1 Å². The maximum absolute atomic E-state index is 13.0. The predicted octanol–water partition coefficient (Wildman–Crippen LogP) is 0.710. The van der Waals surface area contributed by atoms with E-state index >= 15 is 0 Å². The lowest BCUT2D eigenvalue weighted by Gasteiger charge is -2.29. The van der Waals surface area contributed by atoms with E-state index in [0.717, 1.165) is 18.5 Å². The number of sulfonamides is 1. The van der Waals surface area contributed by atoms with Gasteiger partial charge in [0.1, 0.15) is 10.7 Å². The van der Waals surface area contributed by atoms with Gasteiger partial charge >= 0.3 is 0 Å². The van der Waals surface area contributed by atoms with E-state index in [1.54, 1.807) is 0 Å². The van der Waals surface area contributed by atoms with Crippen LogP contribution in [-0.2, 0) is 14.8 Å². The van der Waals surface area contributed by atoms with Gasteiger partial charge in [-0.05, 0) is 18.9 Å². The number of halogens is 1. The lowest BCUT2D eigenvalue weighted by molar-refractivity contribution is 0.316. The summed E-state index contributed by atoms with van der Waals surface area (Å²) in [6, 6.07) is 0.539. The Morgan fingerprint density at radius 3 is 2.95 bits per heavy atom. The monoisotopic (exact) mass is 285 g/mol. The smallest absolute Gasteiger partial charge is 0.244 e. The molecule has 6 nitrogen and oxygen atoms in total. The topological polar surface area (TPSA) is 79.7 Å². The molecule has 1 atom stereocenters. The molecule has 1 saturated heterocycles. The third-order valence-corrected chi connectivity index (χ3v) is 4.74. The molecule has 1 unspecified atom stereocenters. The van der Waals surface area contributed by atoms with Crippen molar-refractivity contribution in [2.24, 2.45) is 4.99 Å². The van der Waals surface area contributed by atoms with Gasteiger partial charge in [-0.2, -0.15) is 4.31 Å². The fraction of sp³-hybridized carbons (Fsp3) is 0.455. The summed E-state index contributed by atoms with van der Waals surface area (Å²) in [5, 5.41) is 0. The average molecular weight is 285 g/mol. The minimum atomic E-state index is -3.79. The number of aliphatic imine (C=N–C) groups is 1. The van der Waals surface area contributed by atoms with Gasteiger partial charge in [0.25, 0.3) is 0 Å². The molecule has 1 aromatic heterocycles. The quantitative estimate of drug-likeness (QED) is 0.605. The van der Waals surface area contributed by atoms with Crippen molar-refractivity contribution in [2.75, 3.05) is 13.1 Å². The molecule has 102 valence electrons. The fourth-order valence-corrected chi connectivity index (χ4v) is 3.49. The highest BCUT2D eigenvalue weighted by Crippen LogP contribution is 2.21. The molecular weight excluding hydrogens is 273 g/mol.